The van der Waals surface area contributed by atoms with Crippen LogP contribution in [0.25, 0.3) is 10.9 Å². The van der Waals surface area contributed by atoms with Gasteiger partial charge in [-0.2, -0.15) is 0 Å². The van der Waals surface area contributed by atoms with Gasteiger partial charge in [-0.1, -0.05) is 29.8 Å². The Morgan fingerprint density at radius 2 is 1.81 bits per heavy atom. The lowest BCUT2D eigenvalue weighted by atomic mass is 10.1. The quantitative estimate of drug-likeness (QED) is 0.702. The number of hydrogen-bond acceptors (Lipinski definition) is 3. The predicted octanol–water partition coefficient (Wildman–Crippen LogP) is 4.30. The average Bonchev–Trinajstić information content (AvgIpc) is 2.51. The molecule has 0 saturated carbocycles. The SMILES string of the molecule is Cc1ccc(C(C)Nc2ccc(N)c3ncccc23)cc1. The number of hydrogen-bond donors (Lipinski definition) is 2. The van der Waals surface area contributed by atoms with E-state index in [1.807, 2.05) is 24.3 Å². The van der Waals surface area contributed by atoms with Crippen LogP contribution in [0.1, 0.15) is 24.1 Å². The Labute approximate surface area is 124 Å². The molecule has 0 saturated heterocycles. The third-order valence-electron chi connectivity index (χ3n) is 3.75. The number of rotatable bonds is 3. The predicted molar refractivity (Wildman–Crippen MR) is 89.4 cm³/mol. The molecule has 1 aromatic heterocycles. The second-order valence-electron chi connectivity index (χ2n) is 5.38. The van der Waals surface area contributed by atoms with Gasteiger partial charge in [0.15, 0.2) is 0 Å². The minimum Gasteiger partial charge on any atom is -0.397 e. The minimum atomic E-state index is 0.220. The van der Waals surface area contributed by atoms with Crippen molar-refractivity contribution >= 4 is 22.3 Å². The zero-order chi connectivity index (χ0) is 14.8. The Balaban J connectivity index is 1.95. The summed E-state index contributed by atoms with van der Waals surface area (Å²) >= 11 is 0. The maximum atomic E-state index is 5.99. The Bertz CT molecular complexity index is 763. The summed E-state index contributed by atoms with van der Waals surface area (Å²) in [6.07, 6.45) is 1.77. The van der Waals surface area contributed by atoms with Gasteiger partial charge in [0.2, 0.25) is 0 Å². The summed E-state index contributed by atoms with van der Waals surface area (Å²) in [5.74, 6) is 0. The van der Waals surface area contributed by atoms with Crippen LogP contribution in [0.15, 0.2) is 54.7 Å². The summed E-state index contributed by atoms with van der Waals surface area (Å²) in [7, 11) is 0. The monoisotopic (exact) mass is 277 g/mol. The van der Waals surface area contributed by atoms with Crippen molar-refractivity contribution in [3.8, 4) is 0 Å². The molecule has 1 atom stereocenters. The molecular weight excluding hydrogens is 258 g/mol. The first-order valence-corrected chi connectivity index (χ1v) is 7.11. The molecule has 0 bridgehead atoms. The van der Waals surface area contributed by atoms with Gasteiger partial charge in [0.1, 0.15) is 0 Å². The summed E-state index contributed by atoms with van der Waals surface area (Å²) < 4.78 is 0. The number of nitrogens with two attached hydrogens (primary N) is 1. The first kappa shape index (κ1) is 13.4. The maximum absolute atomic E-state index is 5.99. The number of aromatic nitrogens is 1. The molecule has 0 aliphatic heterocycles. The fraction of sp³-hybridized carbons (Fsp3) is 0.167. The lowest BCUT2D eigenvalue weighted by molar-refractivity contribution is 0.886. The van der Waals surface area contributed by atoms with Crippen molar-refractivity contribution < 1.29 is 0 Å². The summed E-state index contributed by atoms with van der Waals surface area (Å²) in [5, 5.41) is 4.60. The summed E-state index contributed by atoms with van der Waals surface area (Å²) in [5.41, 5.74) is 11.1. The van der Waals surface area contributed by atoms with Gasteiger partial charge in [-0.15, -0.1) is 0 Å². The Morgan fingerprint density at radius 3 is 2.57 bits per heavy atom. The third-order valence-corrected chi connectivity index (χ3v) is 3.75. The largest absolute Gasteiger partial charge is 0.397 e. The number of nitrogens with one attached hydrogen (secondary N) is 1. The first-order valence-electron chi connectivity index (χ1n) is 7.11. The molecule has 0 spiro atoms. The average molecular weight is 277 g/mol. The van der Waals surface area contributed by atoms with Crippen LogP contribution in [-0.4, -0.2) is 4.98 Å². The maximum Gasteiger partial charge on any atom is 0.0951 e. The highest BCUT2D eigenvalue weighted by Gasteiger charge is 2.09. The van der Waals surface area contributed by atoms with Gasteiger partial charge in [-0.3, -0.25) is 4.98 Å². The smallest absolute Gasteiger partial charge is 0.0951 e. The zero-order valence-electron chi connectivity index (χ0n) is 12.3. The Hall–Kier alpha value is -2.55. The van der Waals surface area contributed by atoms with E-state index in [4.69, 9.17) is 5.73 Å². The molecule has 0 aliphatic rings. The lowest BCUT2D eigenvalue weighted by Gasteiger charge is -2.18. The zero-order valence-corrected chi connectivity index (χ0v) is 12.3. The second-order valence-corrected chi connectivity index (χ2v) is 5.38. The molecule has 3 aromatic rings. The molecule has 0 radical (unpaired) electrons. The molecule has 1 heterocycles. The molecule has 0 amide bonds. The fourth-order valence-corrected chi connectivity index (χ4v) is 2.49. The highest BCUT2D eigenvalue weighted by atomic mass is 14.9. The highest BCUT2D eigenvalue weighted by molar-refractivity contribution is 5.98. The molecule has 1 unspecified atom stereocenters. The van der Waals surface area contributed by atoms with E-state index >= 15 is 0 Å². The second kappa shape index (κ2) is 5.44. The van der Waals surface area contributed by atoms with Crippen LogP contribution >= 0.6 is 0 Å². The van der Waals surface area contributed by atoms with E-state index in [-0.39, 0.29) is 6.04 Å². The van der Waals surface area contributed by atoms with E-state index in [0.29, 0.717) is 5.69 Å². The Kier molecular flexibility index (Phi) is 3.48. The normalized spacial score (nSPS) is 12.3. The van der Waals surface area contributed by atoms with Crippen LogP contribution < -0.4 is 11.1 Å². The molecule has 3 nitrogen and oxygen atoms in total. The van der Waals surface area contributed by atoms with Crippen LogP contribution in [0, 0.1) is 6.92 Å². The van der Waals surface area contributed by atoms with Gasteiger partial charge in [-0.25, -0.2) is 0 Å². The summed E-state index contributed by atoms with van der Waals surface area (Å²) in [4.78, 5) is 4.37. The van der Waals surface area contributed by atoms with Crippen molar-refractivity contribution in [3.05, 3.63) is 65.9 Å². The Morgan fingerprint density at radius 1 is 1.05 bits per heavy atom. The van der Waals surface area contributed by atoms with Crippen LogP contribution in [-0.2, 0) is 0 Å². The van der Waals surface area contributed by atoms with E-state index in [0.717, 1.165) is 16.6 Å². The van der Waals surface area contributed by atoms with E-state index in [2.05, 4.69) is 48.4 Å². The summed E-state index contributed by atoms with van der Waals surface area (Å²) in [6.45, 7) is 4.25. The molecular formula is C18H19N3. The number of pyridine rings is 1. The van der Waals surface area contributed by atoms with E-state index < -0.39 is 0 Å². The van der Waals surface area contributed by atoms with Crippen LogP contribution in [0.3, 0.4) is 0 Å². The standard InChI is InChI=1S/C18H19N3/c1-12-5-7-14(8-6-12)13(2)21-17-10-9-16(19)18-15(17)4-3-11-20-18/h3-11,13,21H,19H2,1-2H3. The number of nitrogens with zero attached hydrogens (tertiary/aromatic N) is 1. The third kappa shape index (κ3) is 2.68. The highest BCUT2D eigenvalue weighted by Crippen LogP contribution is 2.29. The number of nitrogen functional groups attached to an aromatic ring is 1. The number of fused-ring (bicyclic) bond motifs is 1. The van der Waals surface area contributed by atoms with Gasteiger partial charge < -0.3 is 11.1 Å². The van der Waals surface area contributed by atoms with E-state index in [1.54, 1.807) is 6.20 Å². The molecule has 0 fully saturated rings. The molecule has 3 rings (SSSR count). The topological polar surface area (TPSA) is 50.9 Å². The van der Waals surface area contributed by atoms with E-state index in [1.165, 1.54) is 11.1 Å². The van der Waals surface area contributed by atoms with Crippen molar-refractivity contribution in [1.29, 1.82) is 0 Å². The van der Waals surface area contributed by atoms with Gasteiger partial charge in [-0.05, 0) is 43.7 Å². The molecule has 0 aliphatic carbocycles. The van der Waals surface area contributed by atoms with E-state index in [9.17, 15) is 0 Å². The van der Waals surface area contributed by atoms with Crippen LogP contribution in [0.4, 0.5) is 11.4 Å². The van der Waals surface area contributed by atoms with Crippen molar-refractivity contribution in [2.75, 3.05) is 11.1 Å². The minimum absolute atomic E-state index is 0.220. The van der Waals surface area contributed by atoms with Gasteiger partial charge in [0, 0.05) is 23.3 Å². The van der Waals surface area contributed by atoms with Gasteiger partial charge in [0.05, 0.1) is 11.2 Å². The molecule has 3 heteroatoms. The number of benzene rings is 2. The van der Waals surface area contributed by atoms with Crippen molar-refractivity contribution in [2.45, 2.75) is 19.9 Å². The van der Waals surface area contributed by atoms with Crippen molar-refractivity contribution in [1.82, 2.24) is 4.98 Å². The molecule has 21 heavy (non-hydrogen) atoms. The van der Waals surface area contributed by atoms with Crippen molar-refractivity contribution in [2.24, 2.45) is 0 Å². The summed E-state index contributed by atoms with van der Waals surface area (Å²) in [6, 6.07) is 16.7. The number of aryl methyl sites for hydroxylation is 1. The molecule has 106 valence electrons. The van der Waals surface area contributed by atoms with Crippen molar-refractivity contribution in [3.63, 3.8) is 0 Å². The molecule has 3 N–H and O–H groups in total. The fourth-order valence-electron chi connectivity index (χ4n) is 2.49. The van der Waals surface area contributed by atoms with Crippen LogP contribution in [0.2, 0.25) is 0 Å². The first-order chi connectivity index (χ1) is 10.1. The van der Waals surface area contributed by atoms with Crippen LogP contribution in [0.5, 0.6) is 0 Å². The number of anilines is 2. The van der Waals surface area contributed by atoms with Gasteiger partial charge in [0.25, 0.3) is 0 Å². The van der Waals surface area contributed by atoms with Gasteiger partial charge >= 0.3 is 0 Å². The lowest BCUT2D eigenvalue weighted by Crippen LogP contribution is -2.07. The molecule has 2 aromatic carbocycles.